The lowest BCUT2D eigenvalue weighted by Crippen LogP contribution is -2.31. The predicted molar refractivity (Wildman–Crippen MR) is 128 cm³/mol. The molecule has 0 fully saturated rings. The topological polar surface area (TPSA) is 7.12 Å². The van der Waals surface area contributed by atoms with Gasteiger partial charge in [-0.1, -0.05) is 72.8 Å². The molecular formula is C28H27N2+. The van der Waals surface area contributed by atoms with Gasteiger partial charge in [0.2, 0.25) is 5.69 Å². The minimum atomic E-state index is 1.19. The van der Waals surface area contributed by atoms with Gasteiger partial charge in [-0.05, 0) is 41.0 Å². The smallest absolute Gasteiger partial charge is 0.212 e. The summed E-state index contributed by atoms with van der Waals surface area (Å²) in [6.07, 6.45) is 6.64. The van der Waals surface area contributed by atoms with Crippen LogP contribution in [0.15, 0.2) is 97.2 Å². The van der Waals surface area contributed by atoms with E-state index in [1.807, 2.05) is 0 Å². The van der Waals surface area contributed by atoms with Gasteiger partial charge in [-0.2, -0.15) is 0 Å². The molecule has 2 heteroatoms. The van der Waals surface area contributed by atoms with Crippen LogP contribution in [0.25, 0.3) is 34.5 Å². The molecule has 0 aliphatic rings. The Bertz CT molecular complexity index is 1140. The Kier molecular flexibility index (Phi) is 5.76. The average Bonchev–Trinajstić information content (AvgIpc) is 2.79. The predicted octanol–water partition coefficient (Wildman–Crippen LogP) is 6.08. The molecule has 2 nitrogen and oxygen atoms in total. The van der Waals surface area contributed by atoms with E-state index in [1.54, 1.807) is 0 Å². The molecule has 0 bridgehead atoms. The van der Waals surface area contributed by atoms with Gasteiger partial charge in [-0.15, -0.1) is 0 Å². The van der Waals surface area contributed by atoms with Crippen molar-refractivity contribution in [3.05, 3.63) is 108 Å². The monoisotopic (exact) mass is 391 g/mol. The number of aryl methyl sites for hydroxylation is 1. The number of hydrogen-bond donors (Lipinski definition) is 0. The third-order valence-electron chi connectivity index (χ3n) is 5.33. The Balaban J connectivity index is 1.79. The number of pyridine rings is 1. The summed E-state index contributed by atoms with van der Waals surface area (Å²) in [5.41, 5.74) is 8.44. The fourth-order valence-corrected chi connectivity index (χ4v) is 3.63. The maximum absolute atomic E-state index is 2.28. The van der Waals surface area contributed by atoms with Crippen molar-refractivity contribution in [3.63, 3.8) is 0 Å². The van der Waals surface area contributed by atoms with Gasteiger partial charge in [0.05, 0.1) is 5.56 Å². The van der Waals surface area contributed by atoms with Gasteiger partial charge in [-0.3, -0.25) is 0 Å². The lowest BCUT2D eigenvalue weighted by atomic mass is 9.98. The first-order valence-corrected chi connectivity index (χ1v) is 10.2. The molecule has 0 radical (unpaired) electrons. The van der Waals surface area contributed by atoms with Gasteiger partial charge < -0.3 is 4.90 Å². The molecule has 4 aromatic rings. The van der Waals surface area contributed by atoms with Gasteiger partial charge in [0.15, 0.2) is 6.20 Å². The van der Waals surface area contributed by atoms with Crippen molar-refractivity contribution < 1.29 is 4.57 Å². The van der Waals surface area contributed by atoms with Crippen molar-refractivity contribution in [1.29, 1.82) is 0 Å². The second-order valence-corrected chi connectivity index (χ2v) is 7.69. The first-order chi connectivity index (χ1) is 14.6. The Morgan fingerprint density at radius 3 is 1.90 bits per heavy atom. The summed E-state index contributed by atoms with van der Waals surface area (Å²) >= 11 is 0. The SMILES string of the molecule is CN(C)c1ccc(/C=C/c2cc(-c3ccccc3)[n+](C)cc2-c2ccccc2)cc1. The molecule has 0 atom stereocenters. The van der Waals surface area contributed by atoms with Crippen LogP contribution in [0.3, 0.4) is 0 Å². The van der Waals surface area contributed by atoms with Crippen LogP contribution in [0.1, 0.15) is 11.1 Å². The molecule has 0 aliphatic carbocycles. The fraction of sp³-hybridized carbons (Fsp3) is 0.107. The van der Waals surface area contributed by atoms with Crippen LogP contribution < -0.4 is 9.47 Å². The molecule has 30 heavy (non-hydrogen) atoms. The van der Waals surface area contributed by atoms with E-state index in [0.29, 0.717) is 0 Å². The zero-order chi connectivity index (χ0) is 20.9. The van der Waals surface area contributed by atoms with E-state index in [4.69, 9.17) is 0 Å². The number of nitrogens with zero attached hydrogens (tertiary/aromatic N) is 2. The molecule has 148 valence electrons. The largest absolute Gasteiger partial charge is 0.378 e. The highest BCUT2D eigenvalue weighted by molar-refractivity contribution is 5.82. The van der Waals surface area contributed by atoms with E-state index in [0.717, 1.165) is 0 Å². The minimum absolute atomic E-state index is 1.19. The van der Waals surface area contributed by atoms with Crippen LogP contribution in [0.2, 0.25) is 0 Å². The Hall–Kier alpha value is -3.65. The minimum Gasteiger partial charge on any atom is -0.378 e. The van der Waals surface area contributed by atoms with Crippen molar-refractivity contribution >= 4 is 17.8 Å². The summed E-state index contributed by atoms with van der Waals surface area (Å²) in [7, 11) is 6.24. The molecule has 3 aromatic carbocycles. The quantitative estimate of drug-likeness (QED) is 0.374. The van der Waals surface area contributed by atoms with Gasteiger partial charge >= 0.3 is 0 Å². The maximum Gasteiger partial charge on any atom is 0.212 e. The Labute approximate surface area is 179 Å². The van der Waals surface area contributed by atoms with Crippen LogP contribution in [0.4, 0.5) is 5.69 Å². The third-order valence-corrected chi connectivity index (χ3v) is 5.33. The number of anilines is 1. The zero-order valence-corrected chi connectivity index (χ0v) is 17.8. The number of rotatable bonds is 5. The van der Waals surface area contributed by atoms with E-state index >= 15 is 0 Å². The molecule has 0 N–H and O–H groups in total. The van der Waals surface area contributed by atoms with Crippen molar-refractivity contribution in [1.82, 2.24) is 0 Å². The average molecular weight is 392 g/mol. The van der Waals surface area contributed by atoms with Crippen molar-refractivity contribution in [2.45, 2.75) is 0 Å². The number of aromatic nitrogens is 1. The zero-order valence-electron chi connectivity index (χ0n) is 17.8. The number of hydrogen-bond acceptors (Lipinski definition) is 1. The van der Waals surface area contributed by atoms with E-state index in [9.17, 15) is 0 Å². The van der Waals surface area contributed by atoms with Crippen LogP contribution in [-0.4, -0.2) is 14.1 Å². The summed E-state index contributed by atoms with van der Waals surface area (Å²) in [6.45, 7) is 0. The molecule has 0 aliphatic heterocycles. The lowest BCUT2D eigenvalue weighted by Gasteiger charge is -2.12. The van der Waals surface area contributed by atoms with Gasteiger partial charge in [0, 0.05) is 31.4 Å². The summed E-state index contributed by atoms with van der Waals surface area (Å²) < 4.78 is 2.21. The lowest BCUT2D eigenvalue weighted by molar-refractivity contribution is -0.659. The maximum atomic E-state index is 2.28. The second kappa shape index (κ2) is 8.79. The van der Waals surface area contributed by atoms with Crippen molar-refractivity contribution in [2.75, 3.05) is 19.0 Å². The highest BCUT2D eigenvalue weighted by atomic mass is 15.1. The van der Waals surface area contributed by atoms with Crippen LogP contribution in [-0.2, 0) is 7.05 Å². The summed E-state index contributed by atoms with van der Waals surface area (Å²) in [4.78, 5) is 2.12. The Morgan fingerprint density at radius 1 is 0.700 bits per heavy atom. The van der Waals surface area contributed by atoms with Gasteiger partial charge in [0.25, 0.3) is 0 Å². The van der Waals surface area contributed by atoms with Gasteiger partial charge in [0.1, 0.15) is 7.05 Å². The van der Waals surface area contributed by atoms with E-state index in [1.165, 1.54) is 39.2 Å². The third kappa shape index (κ3) is 4.33. The first kappa shape index (κ1) is 19.7. The standard InChI is InChI=1S/C28H27N2/c1-29(2)26-18-15-22(16-19-26)14-17-25-20-28(24-12-8-5-9-13-24)30(3)21-27(25)23-10-6-4-7-11-23/h4-21H,1-3H3/q+1. The highest BCUT2D eigenvalue weighted by Crippen LogP contribution is 2.28. The molecule has 0 saturated heterocycles. The normalized spacial score (nSPS) is 11.0. The first-order valence-electron chi connectivity index (χ1n) is 10.2. The molecule has 0 saturated carbocycles. The van der Waals surface area contributed by atoms with Crippen molar-refractivity contribution in [3.8, 4) is 22.4 Å². The Morgan fingerprint density at radius 2 is 1.30 bits per heavy atom. The van der Waals surface area contributed by atoms with E-state index in [2.05, 4.69) is 140 Å². The highest BCUT2D eigenvalue weighted by Gasteiger charge is 2.15. The molecule has 0 spiro atoms. The molecule has 0 unspecified atom stereocenters. The molecule has 4 rings (SSSR count). The van der Waals surface area contributed by atoms with E-state index < -0.39 is 0 Å². The number of benzene rings is 3. The van der Waals surface area contributed by atoms with Crippen LogP contribution >= 0.6 is 0 Å². The van der Waals surface area contributed by atoms with Crippen LogP contribution in [0.5, 0.6) is 0 Å². The molecule has 1 heterocycles. The summed E-state index contributed by atoms with van der Waals surface area (Å²) in [5, 5.41) is 0. The summed E-state index contributed by atoms with van der Waals surface area (Å²) in [6, 6.07) is 32.0. The molecular weight excluding hydrogens is 364 g/mol. The second-order valence-electron chi connectivity index (χ2n) is 7.69. The van der Waals surface area contributed by atoms with E-state index in [-0.39, 0.29) is 0 Å². The summed E-state index contributed by atoms with van der Waals surface area (Å²) in [5.74, 6) is 0. The van der Waals surface area contributed by atoms with Gasteiger partial charge in [-0.25, -0.2) is 4.57 Å². The van der Waals surface area contributed by atoms with Crippen molar-refractivity contribution in [2.24, 2.45) is 7.05 Å². The van der Waals surface area contributed by atoms with Crippen LogP contribution in [0, 0.1) is 0 Å². The molecule has 0 amide bonds. The fourth-order valence-electron chi connectivity index (χ4n) is 3.63. The molecule has 1 aromatic heterocycles.